The van der Waals surface area contributed by atoms with Gasteiger partial charge in [0.25, 0.3) is 0 Å². The highest BCUT2D eigenvalue weighted by Gasteiger charge is 2.28. The Morgan fingerprint density at radius 2 is 1.20 bits per heavy atom. The molecule has 0 saturated carbocycles. The molecule has 1 atom stereocenters. The van der Waals surface area contributed by atoms with E-state index in [0.29, 0.717) is 12.0 Å². The minimum Gasteiger partial charge on any atom is -0.481 e. The third kappa shape index (κ3) is 18.8. The Balaban J connectivity index is -0.000000396. The summed E-state index contributed by atoms with van der Waals surface area (Å²) < 4.78 is 0. The van der Waals surface area contributed by atoms with Gasteiger partial charge in [-0.15, -0.1) is 0 Å². The van der Waals surface area contributed by atoms with Crippen LogP contribution in [0.3, 0.4) is 0 Å². The van der Waals surface area contributed by atoms with E-state index < -0.39 is 17.9 Å². The number of rotatable bonds is 9. The van der Waals surface area contributed by atoms with Crippen molar-refractivity contribution < 1.29 is 19.8 Å². The predicted octanol–water partition coefficient (Wildman–Crippen LogP) is 3.39. The molecule has 6 heteroatoms. The number of carboxylic acids is 2. The molecule has 0 aromatic heterocycles. The second kappa shape index (κ2) is 18.9. The maximum absolute atomic E-state index is 11.0. The molecule has 0 bridgehead atoms. The topological polar surface area (TPSA) is 98.7 Å². The molecular formula is C19H40N2O4. The van der Waals surface area contributed by atoms with E-state index in [2.05, 4.69) is 38.3 Å². The molecule has 6 nitrogen and oxygen atoms in total. The van der Waals surface area contributed by atoms with Gasteiger partial charge >= 0.3 is 11.9 Å². The Hall–Kier alpha value is -1.40. The predicted molar refractivity (Wildman–Crippen MR) is 105 cm³/mol. The first-order valence-corrected chi connectivity index (χ1v) is 9.15. The number of allylic oxidation sites excluding steroid dienone is 1. The van der Waals surface area contributed by atoms with Crippen molar-refractivity contribution >= 4 is 11.9 Å². The van der Waals surface area contributed by atoms with E-state index in [-0.39, 0.29) is 11.5 Å². The van der Waals surface area contributed by atoms with Gasteiger partial charge in [-0.1, -0.05) is 47.1 Å². The lowest BCUT2D eigenvalue weighted by atomic mass is 9.88. The Labute approximate surface area is 154 Å². The summed E-state index contributed by atoms with van der Waals surface area (Å²) in [6.07, 6.45) is 0.349. The van der Waals surface area contributed by atoms with Crippen LogP contribution in [0.15, 0.2) is 11.1 Å². The minimum absolute atomic E-state index is 0.0104. The molecule has 0 aliphatic heterocycles. The third-order valence-electron chi connectivity index (χ3n) is 3.12. The summed E-state index contributed by atoms with van der Waals surface area (Å²) in [4.78, 5) is 21.9. The smallest absolute Gasteiger partial charge is 0.332 e. The van der Waals surface area contributed by atoms with Gasteiger partial charge < -0.3 is 20.8 Å². The lowest BCUT2D eigenvalue weighted by Gasteiger charge is -2.16. The first kappa shape index (κ1) is 28.4. The largest absolute Gasteiger partial charge is 0.481 e. The van der Waals surface area contributed by atoms with Gasteiger partial charge in [-0.05, 0) is 52.4 Å². The standard InChI is InChI=1S/C11H18O4.2C4H11N/c1-6(2)5-8(10(12)13)9(7(3)4)11(14)15;2*1-3-5-4-2/h6,8H,5H2,1-4H3,(H,12,13)(H,14,15);2*5H,3-4H2,1-2H3. The average Bonchev–Trinajstić information content (AvgIpc) is 2.48. The number of carbonyl (C=O) groups is 2. The summed E-state index contributed by atoms with van der Waals surface area (Å²) in [6.45, 7) is 19.8. The number of hydrogen-bond acceptors (Lipinski definition) is 4. The molecule has 0 aliphatic rings. The summed E-state index contributed by atoms with van der Waals surface area (Å²) in [5.41, 5.74) is 0.562. The summed E-state index contributed by atoms with van der Waals surface area (Å²) in [7, 11) is 0. The molecule has 0 aromatic carbocycles. The summed E-state index contributed by atoms with van der Waals surface area (Å²) in [6, 6.07) is 0. The van der Waals surface area contributed by atoms with Crippen LogP contribution >= 0.6 is 0 Å². The number of aliphatic carboxylic acids is 2. The van der Waals surface area contributed by atoms with E-state index in [9.17, 15) is 9.59 Å². The van der Waals surface area contributed by atoms with Gasteiger partial charge in [0.2, 0.25) is 0 Å². The Kier molecular flexibility index (Phi) is 21.5. The third-order valence-corrected chi connectivity index (χ3v) is 3.12. The van der Waals surface area contributed by atoms with Crippen LogP contribution in [0.25, 0.3) is 0 Å². The summed E-state index contributed by atoms with van der Waals surface area (Å²) >= 11 is 0. The maximum atomic E-state index is 11.0. The molecule has 1 unspecified atom stereocenters. The molecule has 0 fully saturated rings. The second-order valence-electron chi connectivity index (χ2n) is 6.15. The van der Waals surface area contributed by atoms with Gasteiger partial charge in [0.05, 0.1) is 5.92 Å². The molecule has 0 aromatic rings. The van der Waals surface area contributed by atoms with Crippen molar-refractivity contribution in [3.63, 3.8) is 0 Å². The zero-order valence-electron chi connectivity index (χ0n) is 17.4. The van der Waals surface area contributed by atoms with Gasteiger partial charge in [0.15, 0.2) is 0 Å². The van der Waals surface area contributed by atoms with Crippen LogP contribution in [0.1, 0.15) is 61.8 Å². The van der Waals surface area contributed by atoms with E-state index in [4.69, 9.17) is 10.2 Å². The fourth-order valence-electron chi connectivity index (χ4n) is 2.02. The van der Waals surface area contributed by atoms with Gasteiger partial charge in [0, 0.05) is 5.57 Å². The van der Waals surface area contributed by atoms with Crippen molar-refractivity contribution in [1.29, 1.82) is 0 Å². The summed E-state index contributed by atoms with van der Waals surface area (Å²) in [5.74, 6) is -2.96. The normalized spacial score (nSPS) is 10.8. The highest BCUT2D eigenvalue weighted by atomic mass is 16.4. The molecule has 0 rings (SSSR count). The van der Waals surface area contributed by atoms with E-state index in [1.165, 1.54) is 0 Å². The molecule has 0 amide bonds. The van der Waals surface area contributed by atoms with E-state index in [0.717, 1.165) is 26.2 Å². The van der Waals surface area contributed by atoms with E-state index in [1.54, 1.807) is 13.8 Å². The highest BCUT2D eigenvalue weighted by molar-refractivity contribution is 5.94. The Morgan fingerprint density at radius 1 is 0.840 bits per heavy atom. The first-order valence-electron chi connectivity index (χ1n) is 9.15. The van der Waals surface area contributed by atoms with Crippen molar-refractivity contribution in [2.45, 2.75) is 61.8 Å². The zero-order valence-corrected chi connectivity index (χ0v) is 17.4. The number of hydrogen-bond donors (Lipinski definition) is 4. The fourth-order valence-corrected chi connectivity index (χ4v) is 2.02. The van der Waals surface area contributed by atoms with Crippen LogP contribution in [0.5, 0.6) is 0 Å². The van der Waals surface area contributed by atoms with E-state index in [1.807, 2.05) is 13.8 Å². The fraction of sp³-hybridized carbons (Fsp3) is 0.789. The maximum Gasteiger partial charge on any atom is 0.332 e. The monoisotopic (exact) mass is 360 g/mol. The van der Waals surface area contributed by atoms with Gasteiger partial charge in [-0.25, -0.2) is 4.79 Å². The quantitative estimate of drug-likeness (QED) is 0.471. The van der Waals surface area contributed by atoms with Crippen LogP contribution in [-0.4, -0.2) is 48.3 Å². The second-order valence-corrected chi connectivity index (χ2v) is 6.15. The van der Waals surface area contributed by atoms with Crippen molar-refractivity contribution in [1.82, 2.24) is 10.6 Å². The first-order chi connectivity index (χ1) is 11.6. The van der Waals surface area contributed by atoms with Crippen LogP contribution < -0.4 is 10.6 Å². The van der Waals surface area contributed by atoms with Gasteiger partial charge in [-0.3, -0.25) is 4.79 Å². The Morgan fingerprint density at radius 3 is 1.32 bits per heavy atom. The molecule has 25 heavy (non-hydrogen) atoms. The van der Waals surface area contributed by atoms with Crippen LogP contribution in [-0.2, 0) is 9.59 Å². The number of nitrogens with one attached hydrogen (secondary N) is 2. The SMILES string of the molecule is CC(C)=C(C(=O)O)C(CC(C)C)C(=O)O.CCNCC.CCNCC. The molecule has 0 aliphatic carbocycles. The zero-order chi connectivity index (χ0) is 20.4. The van der Waals surface area contributed by atoms with Gasteiger partial charge in [0.1, 0.15) is 0 Å². The lowest BCUT2D eigenvalue weighted by molar-refractivity contribution is -0.144. The molecule has 0 spiro atoms. The van der Waals surface area contributed by atoms with Crippen molar-refractivity contribution in [3.05, 3.63) is 11.1 Å². The molecule has 4 N–H and O–H groups in total. The molecule has 150 valence electrons. The van der Waals surface area contributed by atoms with Crippen molar-refractivity contribution in [2.24, 2.45) is 11.8 Å². The van der Waals surface area contributed by atoms with Gasteiger partial charge in [-0.2, -0.15) is 0 Å². The Bertz CT molecular complexity index is 366. The van der Waals surface area contributed by atoms with Crippen molar-refractivity contribution in [3.8, 4) is 0 Å². The summed E-state index contributed by atoms with van der Waals surface area (Å²) in [5, 5.41) is 24.2. The van der Waals surface area contributed by atoms with Crippen molar-refractivity contribution in [2.75, 3.05) is 26.2 Å². The van der Waals surface area contributed by atoms with Crippen LogP contribution in [0.4, 0.5) is 0 Å². The lowest BCUT2D eigenvalue weighted by Crippen LogP contribution is -2.24. The number of carboxylic acid groups (broad SMARTS) is 2. The molecule has 0 heterocycles. The molecule has 0 saturated heterocycles. The van der Waals surface area contributed by atoms with Crippen LogP contribution in [0, 0.1) is 11.8 Å². The molecular weight excluding hydrogens is 320 g/mol. The minimum atomic E-state index is -1.14. The highest BCUT2D eigenvalue weighted by Crippen LogP contribution is 2.23. The molecule has 0 radical (unpaired) electrons. The van der Waals surface area contributed by atoms with E-state index >= 15 is 0 Å². The average molecular weight is 361 g/mol. The van der Waals surface area contributed by atoms with Crippen LogP contribution in [0.2, 0.25) is 0 Å².